The summed E-state index contributed by atoms with van der Waals surface area (Å²) in [6.45, 7) is 9.60. The van der Waals surface area contributed by atoms with Gasteiger partial charge in [0.25, 0.3) is 0 Å². The van der Waals surface area contributed by atoms with E-state index in [1.165, 1.54) is 13.8 Å². The van der Waals surface area contributed by atoms with E-state index in [4.69, 9.17) is 66.3 Å². The number of carbonyl (C=O) groups excluding carboxylic acids is 1. The van der Waals surface area contributed by atoms with E-state index in [2.05, 4.69) is 33.8 Å². The van der Waals surface area contributed by atoms with Crippen LogP contribution in [0.4, 0.5) is 0 Å². The molecule has 4 saturated carbocycles. The zero-order valence-electron chi connectivity index (χ0n) is 60.0. The summed E-state index contributed by atoms with van der Waals surface area (Å²) < 4.78 is 84.6. The molecule has 0 aromatic rings. The summed E-state index contributed by atoms with van der Waals surface area (Å²) in [5.74, 6) is -2.41. The number of ether oxygens (including phenoxy) is 14. The maximum Gasteiger partial charge on any atom is 0.315 e. The summed E-state index contributed by atoms with van der Waals surface area (Å²) in [4.78, 5) is 15.8. The molecule has 12 rings (SSSR count). The van der Waals surface area contributed by atoms with Crippen LogP contribution in [0.1, 0.15) is 107 Å². The highest BCUT2D eigenvalue weighted by molar-refractivity contribution is 5.79. The quantitative estimate of drug-likeness (QED) is 0.0344. The van der Waals surface area contributed by atoms with Crippen LogP contribution in [0.25, 0.3) is 0 Å². The highest BCUT2D eigenvalue weighted by Crippen LogP contribution is 2.76. The fraction of sp³-hybridized carbons (Fsp3) is 0.957. The molecule has 0 amide bonds. The number of esters is 1. The second kappa shape index (κ2) is 30.6. The molecule has 12 aliphatic rings. The minimum absolute atomic E-state index is 0.0149. The fourth-order valence-electron chi connectivity index (χ4n) is 20.3. The highest BCUT2D eigenvalue weighted by Gasteiger charge is 2.74. The topological polar surface area (TPSA) is 571 Å². The Labute approximate surface area is 605 Å². The Morgan fingerprint density at radius 2 is 1.00 bits per heavy atom. The smallest absolute Gasteiger partial charge is 0.315 e. The predicted octanol–water partition coefficient (Wildman–Crippen LogP) is -7.67. The summed E-state index contributed by atoms with van der Waals surface area (Å²) in [5.41, 5.74) is -6.91. The van der Waals surface area contributed by atoms with Gasteiger partial charge in [-0.3, -0.25) is 4.79 Å². The maximum atomic E-state index is 15.8. The fourth-order valence-corrected chi connectivity index (χ4v) is 20.3. The van der Waals surface area contributed by atoms with Crippen molar-refractivity contribution in [2.45, 2.75) is 315 Å². The van der Waals surface area contributed by atoms with E-state index in [-0.39, 0.29) is 30.6 Å². The lowest BCUT2D eigenvalue weighted by Gasteiger charge is -2.72. The number of aliphatic hydroxyl groups excluding tert-OH is 20. The third-order valence-corrected chi connectivity index (χ3v) is 26.6. The first-order chi connectivity index (χ1) is 49.2. The number of fused-ring (bicyclic) bond motifs is 7. The molecule has 0 radical (unpaired) electrons. The number of aliphatic hydroxyl groups is 21. The zero-order chi connectivity index (χ0) is 76.7. The van der Waals surface area contributed by atoms with Crippen molar-refractivity contribution < 1.29 is 178 Å². The first-order valence-electron chi connectivity index (χ1n) is 36.6. The van der Waals surface area contributed by atoms with Crippen molar-refractivity contribution in [2.75, 3.05) is 46.2 Å². The average molecular weight is 1520 g/mol. The molecule has 21 N–H and O–H groups in total. The van der Waals surface area contributed by atoms with Crippen LogP contribution in [-0.4, -0.2) is 368 Å². The normalized spacial score (nSPS) is 55.8. The molecular weight excluding hydrogens is 1400 g/mol. The van der Waals surface area contributed by atoms with Gasteiger partial charge in [-0.15, -0.1) is 0 Å². The van der Waals surface area contributed by atoms with Crippen LogP contribution in [0.3, 0.4) is 0 Å². The molecule has 0 spiro atoms. The van der Waals surface area contributed by atoms with Crippen LogP contribution in [0, 0.1) is 50.2 Å². The van der Waals surface area contributed by atoms with Crippen molar-refractivity contribution in [3.63, 3.8) is 0 Å². The first kappa shape index (κ1) is 82.3. The van der Waals surface area contributed by atoms with Crippen LogP contribution in [-0.2, 0) is 71.1 Å². The lowest BCUT2D eigenvalue weighted by Crippen LogP contribution is -2.72. The Balaban J connectivity index is 0.803. The molecular formula is C69H112O36. The van der Waals surface area contributed by atoms with Crippen molar-refractivity contribution in [1.29, 1.82) is 0 Å². The SMILES string of the molecule is C[C@@H]1O[C@@H](O[C@@H]2[C@H](O)[C@@H](O[C@@H]3OC[C@@H](O)[C@H](O)[C@H]3O)[C@@H](O[C@H]3[C@H](O[C@H]4[C@H](OC(=O)[C@]56CCC(C)(C)C[C@H]5C5=CC[C@@H]7[C@@]8(C)C[C@H](O)[C@H](O[C@@H]9O[C@H](CO)[C@@H](O)[C@H](O)[C@H]9O[C@@H]9OC[C@](O)(CO)[C@H]9O)[C@@](C)(CO)[C@@H]8[C@H](O)C[C@@]7(C)[C@]5(C)CC6)OC[C@H](O)[C@@H]4O)O[C@@H](C)[C@H](O)[C@H]3O)O[C@@H]2CO)[C@H](O)[C@H](O)[C@H]1O. The number of hydrogen-bond acceptors (Lipinski definition) is 36. The molecule has 0 bridgehead atoms. The van der Waals surface area contributed by atoms with E-state index in [0.717, 1.165) is 5.57 Å². The molecule has 7 heterocycles. The van der Waals surface area contributed by atoms with Crippen LogP contribution < -0.4 is 0 Å². The van der Waals surface area contributed by atoms with Crippen LogP contribution in [0.5, 0.6) is 0 Å². The Hall–Kier alpha value is -2.15. The molecule has 36 nitrogen and oxygen atoms in total. The number of rotatable bonds is 18. The second-order valence-corrected chi connectivity index (χ2v) is 33.6. The monoisotopic (exact) mass is 1520 g/mol. The van der Waals surface area contributed by atoms with E-state index in [1.54, 1.807) is 6.92 Å². The molecule has 105 heavy (non-hydrogen) atoms. The molecule has 5 aliphatic carbocycles. The number of carbonyl (C=O) groups is 1. The average Bonchev–Trinajstić information content (AvgIpc) is 0.957. The van der Waals surface area contributed by atoms with Gasteiger partial charge in [0.1, 0.15) is 128 Å². The molecule has 0 unspecified atom stereocenters. The largest absolute Gasteiger partial charge is 0.432 e. The molecule has 42 atom stereocenters. The van der Waals surface area contributed by atoms with Crippen LogP contribution >= 0.6 is 0 Å². The second-order valence-electron chi connectivity index (χ2n) is 33.6. The molecule has 11 fully saturated rings. The lowest BCUT2D eigenvalue weighted by molar-refractivity contribution is -0.408. The van der Waals surface area contributed by atoms with Crippen molar-refractivity contribution in [1.82, 2.24) is 0 Å². The van der Waals surface area contributed by atoms with Gasteiger partial charge in [-0.1, -0.05) is 53.2 Å². The van der Waals surface area contributed by atoms with Gasteiger partial charge in [-0.2, -0.15) is 0 Å². The molecule has 36 heteroatoms. The molecule has 0 aromatic carbocycles. The van der Waals surface area contributed by atoms with Crippen molar-refractivity contribution in [3.8, 4) is 0 Å². The zero-order valence-corrected chi connectivity index (χ0v) is 60.0. The van der Waals surface area contributed by atoms with Gasteiger partial charge >= 0.3 is 5.97 Å². The van der Waals surface area contributed by atoms with Gasteiger partial charge in [-0.05, 0) is 98.7 Å². The Bertz CT molecular complexity index is 3010. The summed E-state index contributed by atoms with van der Waals surface area (Å²) in [5, 5.41) is 235. The summed E-state index contributed by atoms with van der Waals surface area (Å²) >= 11 is 0. The van der Waals surface area contributed by atoms with E-state index < -0.39 is 299 Å². The third kappa shape index (κ3) is 14.0. The first-order valence-corrected chi connectivity index (χ1v) is 36.6. The summed E-state index contributed by atoms with van der Waals surface area (Å²) in [6, 6.07) is 0. The molecule has 7 saturated heterocycles. The van der Waals surface area contributed by atoms with Gasteiger partial charge in [0, 0.05) is 11.3 Å². The number of hydrogen-bond donors (Lipinski definition) is 21. The Morgan fingerprint density at radius 3 is 1.63 bits per heavy atom. The molecule has 0 aromatic heterocycles. The van der Waals surface area contributed by atoms with Crippen LogP contribution in [0.15, 0.2) is 11.6 Å². The standard InChI is InChI=1S/C69H112O36/c1-25-36(78)41(83)45(87)56(95-25)99-47-34(19-71)98-59(51(46(47)88)100-55-44(86)38(80)31(76)20-92-55)102-49-42(84)37(79)26(2)96-58(49)101-48-39(81)32(77)21-93-57(48)105-62(90)68-13-11-63(3,4)15-28(68)27-9-10-35-64(5)16-30(75)54(65(6,22-72)52(64)29(74)17-67(35,8)66(27,7)12-14-68)104-60-50(43(85)40(82)33(18-70)97-60)103-61-53(89)69(91,23-73)24-94-61/h9,25-26,28-61,70-89,91H,10-24H2,1-8H3/t25-,26-,28-,29+,30-,31+,32-,33+,34+,35+,36-,37-,38-,39-,40+,41+,42+,43-,44+,45+,46-,47-,48+,49+,50+,51+,52+,53-,54-,55-,56-,57-,58-,59+,60-,61-,64+,65-,66+,67+,68-,69+/m0/s1. The van der Waals surface area contributed by atoms with Gasteiger partial charge in [0.2, 0.25) is 6.29 Å². The highest BCUT2D eigenvalue weighted by atomic mass is 16.8. The molecule has 604 valence electrons. The third-order valence-electron chi connectivity index (χ3n) is 26.6. The van der Waals surface area contributed by atoms with Gasteiger partial charge in [-0.25, -0.2) is 0 Å². The minimum Gasteiger partial charge on any atom is -0.432 e. The van der Waals surface area contributed by atoms with Gasteiger partial charge < -0.3 is 174 Å². The van der Waals surface area contributed by atoms with Crippen molar-refractivity contribution >= 4 is 5.97 Å². The summed E-state index contributed by atoms with van der Waals surface area (Å²) in [7, 11) is 0. The Kier molecular flexibility index (Phi) is 24.0. The number of allylic oxidation sites excluding steroid dienone is 2. The van der Waals surface area contributed by atoms with E-state index in [1.807, 2.05) is 6.92 Å². The van der Waals surface area contributed by atoms with Crippen molar-refractivity contribution in [2.24, 2.45) is 50.2 Å². The maximum absolute atomic E-state index is 15.8. The predicted molar refractivity (Wildman–Crippen MR) is 344 cm³/mol. The van der Waals surface area contributed by atoms with Gasteiger partial charge in [0.05, 0.1) is 82.2 Å². The Morgan fingerprint density at radius 1 is 0.476 bits per heavy atom. The van der Waals surface area contributed by atoms with Crippen molar-refractivity contribution in [3.05, 3.63) is 11.6 Å². The van der Waals surface area contributed by atoms with E-state index in [0.29, 0.717) is 32.1 Å². The van der Waals surface area contributed by atoms with Gasteiger partial charge in [0.15, 0.2) is 43.8 Å². The van der Waals surface area contributed by atoms with E-state index in [9.17, 15) is 107 Å². The molecule has 7 aliphatic heterocycles. The summed E-state index contributed by atoms with van der Waals surface area (Å²) in [6.07, 6.45) is -53.5. The minimum atomic E-state index is -2.16. The lowest BCUT2D eigenvalue weighted by atomic mass is 9.33. The van der Waals surface area contributed by atoms with Crippen LogP contribution in [0.2, 0.25) is 0 Å². The van der Waals surface area contributed by atoms with E-state index >= 15 is 4.79 Å².